The van der Waals surface area contributed by atoms with Crippen LogP contribution in [0.1, 0.15) is 28.9 Å². The summed E-state index contributed by atoms with van der Waals surface area (Å²) in [7, 11) is -2.45. The fourth-order valence-electron chi connectivity index (χ4n) is 2.28. The number of aliphatic hydroxyl groups is 1. The molecule has 21 heavy (non-hydrogen) atoms. The fraction of sp³-hybridized carbons (Fsp3) is 0.583. The molecular formula is C12H16BrNO5S2. The van der Waals surface area contributed by atoms with Gasteiger partial charge in [-0.25, -0.2) is 17.9 Å². The molecule has 1 aromatic heterocycles. The number of nitrogens with one attached hydrogen (secondary N) is 1. The number of aliphatic hydroxyl groups excluding tert-OH is 1. The van der Waals surface area contributed by atoms with Crippen molar-refractivity contribution in [1.82, 2.24) is 4.72 Å². The predicted molar refractivity (Wildman–Crippen MR) is 81.9 cm³/mol. The number of sulfonamides is 1. The SMILES string of the molecule is COC(=O)c1cc(S(=O)(=O)NCC2CCC(O)C2)c(Br)s1. The maximum atomic E-state index is 12.3. The van der Waals surface area contributed by atoms with Crippen LogP contribution in [0.4, 0.5) is 0 Å². The van der Waals surface area contributed by atoms with Gasteiger partial charge in [-0.2, -0.15) is 0 Å². The third kappa shape index (κ3) is 4.04. The molecule has 118 valence electrons. The molecule has 2 rings (SSSR count). The first kappa shape index (κ1) is 16.9. The van der Waals surface area contributed by atoms with Crippen molar-refractivity contribution in [3.63, 3.8) is 0 Å². The van der Waals surface area contributed by atoms with Crippen molar-refractivity contribution in [2.24, 2.45) is 5.92 Å². The van der Waals surface area contributed by atoms with E-state index in [1.807, 2.05) is 0 Å². The first-order chi connectivity index (χ1) is 9.83. The highest BCUT2D eigenvalue weighted by Gasteiger charge is 2.27. The minimum atomic E-state index is -3.69. The molecule has 1 fully saturated rings. The van der Waals surface area contributed by atoms with Gasteiger partial charge in [-0.05, 0) is 47.2 Å². The van der Waals surface area contributed by atoms with Crippen LogP contribution in [-0.2, 0) is 14.8 Å². The van der Waals surface area contributed by atoms with Gasteiger partial charge in [0.15, 0.2) is 0 Å². The Labute approximate surface area is 135 Å². The molecule has 0 bridgehead atoms. The molecule has 1 aliphatic carbocycles. The van der Waals surface area contributed by atoms with Crippen LogP contribution in [0.5, 0.6) is 0 Å². The second kappa shape index (κ2) is 6.74. The summed E-state index contributed by atoms with van der Waals surface area (Å²) in [6, 6.07) is 1.30. The molecule has 0 aliphatic heterocycles. The molecule has 0 radical (unpaired) electrons. The van der Waals surface area contributed by atoms with Crippen LogP contribution in [0.15, 0.2) is 14.7 Å². The van der Waals surface area contributed by atoms with Gasteiger partial charge in [-0.1, -0.05) is 0 Å². The average Bonchev–Trinajstić information content (AvgIpc) is 3.02. The number of carbonyl (C=O) groups is 1. The molecule has 0 aromatic carbocycles. The zero-order chi connectivity index (χ0) is 15.6. The van der Waals surface area contributed by atoms with Crippen LogP contribution < -0.4 is 4.72 Å². The topological polar surface area (TPSA) is 92.7 Å². The van der Waals surface area contributed by atoms with Gasteiger partial charge < -0.3 is 9.84 Å². The number of thiophene rings is 1. The lowest BCUT2D eigenvalue weighted by molar-refractivity contribution is 0.0606. The summed E-state index contributed by atoms with van der Waals surface area (Å²) in [6.45, 7) is 0.287. The summed E-state index contributed by atoms with van der Waals surface area (Å²) in [4.78, 5) is 11.7. The zero-order valence-electron chi connectivity index (χ0n) is 11.3. The van der Waals surface area contributed by atoms with Crippen molar-refractivity contribution in [3.05, 3.63) is 14.7 Å². The van der Waals surface area contributed by atoms with Crippen molar-refractivity contribution >= 4 is 43.3 Å². The third-order valence-electron chi connectivity index (χ3n) is 3.41. The Kier molecular flexibility index (Phi) is 5.42. The van der Waals surface area contributed by atoms with Gasteiger partial charge in [0.05, 0.1) is 17.0 Å². The minimum Gasteiger partial charge on any atom is -0.465 e. The zero-order valence-corrected chi connectivity index (χ0v) is 14.6. The Morgan fingerprint density at radius 2 is 2.29 bits per heavy atom. The van der Waals surface area contributed by atoms with Gasteiger partial charge in [-0.3, -0.25) is 0 Å². The lowest BCUT2D eigenvalue weighted by Crippen LogP contribution is -2.28. The van der Waals surface area contributed by atoms with Crippen LogP contribution in [0, 0.1) is 5.92 Å². The predicted octanol–water partition coefficient (Wildman–Crippen LogP) is 1.74. The maximum absolute atomic E-state index is 12.3. The monoisotopic (exact) mass is 397 g/mol. The van der Waals surface area contributed by atoms with E-state index in [0.29, 0.717) is 16.6 Å². The molecule has 1 aliphatic rings. The van der Waals surface area contributed by atoms with Gasteiger partial charge >= 0.3 is 5.97 Å². The van der Waals surface area contributed by atoms with Crippen LogP contribution in [0.3, 0.4) is 0 Å². The fourth-order valence-corrected chi connectivity index (χ4v) is 5.87. The number of hydrogen-bond acceptors (Lipinski definition) is 6. The van der Waals surface area contributed by atoms with E-state index in [1.165, 1.54) is 13.2 Å². The molecular weight excluding hydrogens is 382 g/mol. The van der Waals surface area contributed by atoms with E-state index in [4.69, 9.17) is 0 Å². The standard InChI is InChI=1S/C12H16BrNO5S2/c1-19-12(16)9-5-10(11(13)20-9)21(17,18)14-6-7-2-3-8(15)4-7/h5,7-8,14-15H,2-4,6H2,1H3. The van der Waals surface area contributed by atoms with Gasteiger partial charge in [0.1, 0.15) is 9.77 Å². The summed E-state index contributed by atoms with van der Waals surface area (Å²) in [5.41, 5.74) is 0. The van der Waals surface area contributed by atoms with Crippen molar-refractivity contribution in [2.45, 2.75) is 30.3 Å². The Morgan fingerprint density at radius 3 is 2.86 bits per heavy atom. The average molecular weight is 398 g/mol. The summed E-state index contributed by atoms with van der Waals surface area (Å²) >= 11 is 4.18. The van der Waals surface area contributed by atoms with Crippen LogP contribution >= 0.6 is 27.3 Å². The van der Waals surface area contributed by atoms with E-state index in [-0.39, 0.29) is 28.3 Å². The molecule has 2 unspecified atom stereocenters. The minimum absolute atomic E-state index is 0.0337. The molecule has 0 spiro atoms. The van der Waals surface area contributed by atoms with Crippen molar-refractivity contribution in [2.75, 3.05) is 13.7 Å². The van der Waals surface area contributed by atoms with Crippen LogP contribution in [-0.4, -0.2) is 39.3 Å². The lowest BCUT2D eigenvalue weighted by atomic mass is 10.1. The Balaban J connectivity index is 2.08. The van der Waals surface area contributed by atoms with E-state index in [9.17, 15) is 18.3 Å². The molecule has 2 N–H and O–H groups in total. The summed E-state index contributed by atoms with van der Waals surface area (Å²) in [5.74, 6) is -0.423. The van der Waals surface area contributed by atoms with Crippen molar-refractivity contribution in [3.8, 4) is 0 Å². The number of halogens is 1. The number of rotatable bonds is 5. The molecule has 1 saturated carbocycles. The third-order valence-corrected chi connectivity index (χ3v) is 7.06. The summed E-state index contributed by atoms with van der Waals surface area (Å²) < 4.78 is 32.0. The highest BCUT2D eigenvalue weighted by Crippen LogP contribution is 2.32. The number of methoxy groups -OCH3 is 1. The normalized spacial score (nSPS) is 22.4. The quantitative estimate of drug-likeness (QED) is 0.738. The lowest BCUT2D eigenvalue weighted by Gasteiger charge is -2.10. The van der Waals surface area contributed by atoms with Gasteiger partial charge in [0.2, 0.25) is 10.0 Å². The Hall–Kier alpha value is -0.480. The molecule has 0 saturated heterocycles. The van der Waals surface area contributed by atoms with E-state index < -0.39 is 16.0 Å². The smallest absolute Gasteiger partial charge is 0.348 e. The van der Waals surface area contributed by atoms with E-state index >= 15 is 0 Å². The second-order valence-corrected chi connectivity index (χ2v) is 9.03. The van der Waals surface area contributed by atoms with Gasteiger partial charge in [0.25, 0.3) is 0 Å². The molecule has 1 heterocycles. The van der Waals surface area contributed by atoms with Crippen molar-refractivity contribution < 1.29 is 23.1 Å². The van der Waals surface area contributed by atoms with E-state index in [2.05, 4.69) is 25.4 Å². The van der Waals surface area contributed by atoms with Gasteiger partial charge in [0, 0.05) is 6.54 Å². The number of carbonyl (C=O) groups excluding carboxylic acids is 1. The first-order valence-corrected chi connectivity index (χ1v) is 9.48. The van der Waals surface area contributed by atoms with E-state index in [0.717, 1.165) is 17.8 Å². The maximum Gasteiger partial charge on any atom is 0.348 e. The molecule has 9 heteroatoms. The first-order valence-electron chi connectivity index (χ1n) is 6.39. The van der Waals surface area contributed by atoms with Gasteiger partial charge in [-0.15, -0.1) is 11.3 Å². The highest BCUT2D eigenvalue weighted by molar-refractivity contribution is 9.11. The largest absolute Gasteiger partial charge is 0.465 e. The van der Waals surface area contributed by atoms with E-state index in [1.54, 1.807) is 0 Å². The Bertz CT molecular complexity index is 628. The molecule has 0 amide bonds. The Morgan fingerprint density at radius 1 is 1.57 bits per heavy atom. The van der Waals surface area contributed by atoms with Crippen LogP contribution in [0.25, 0.3) is 0 Å². The number of esters is 1. The molecule has 1 aromatic rings. The van der Waals surface area contributed by atoms with Crippen molar-refractivity contribution in [1.29, 1.82) is 0 Å². The molecule has 6 nitrogen and oxygen atoms in total. The second-order valence-electron chi connectivity index (χ2n) is 4.92. The summed E-state index contributed by atoms with van der Waals surface area (Å²) in [5, 5.41) is 9.45. The number of ether oxygens (including phenoxy) is 1. The molecule has 2 atom stereocenters. The van der Waals surface area contributed by atoms with Crippen LogP contribution in [0.2, 0.25) is 0 Å². The number of hydrogen-bond donors (Lipinski definition) is 2. The summed E-state index contributed by atoms with van der Waals surface area (Å²) in [6.07, 6.45) is 1.79. The highest BCUT2D eigenvalue weighted by atomic mass is 79.9.